The van der Waals surface area contributed by atoms with Crippen LogP contribution in [0.3, 0.4) is 0 Å². The van der Waals surface area contributed by atoms with E-state index in [-0.39, 0.29) is 0 Å². The lowest BCUT2D eigenvalue weighted by Crippen LogP contribution is -2.04. The minimum absolute atomic E-state index is 0.643. The van der Waals surface area contributed by atoms with Crippen LogP contribution in [0, 0.1) is 6.92 Å². The number of fused-ring (bicyclic) bond motifs is 1. The SMILES string of the molecule is CCc1nn(Cc2cc(C)n(C)n2)c2c(Br)ccc(-n3ccnc3)c12. The van der Waals surface area contributed by atoms with Gasteiger partial charge in [-0.1, -0.05) is 6.92 Å². The van der Waals surface area contributed by atoms with Crippen molar-refractivity contribution < 1.29 is 0 Å². The third kappa shape index (κ3) is 2.68. The van der Waals surface area contributed by atoms with Crippen molar-refractivity contribution in [3.05, 3.63) is 58.5 Å². The minimum atomic E-state index is 0.643. The van der Waals surface area contributed by atoms with Crippen LogP contribution in [0.2, 0.25) is 0 Å². The highest BCUT2D eigenvalue weighted by Crippen LogP contribution is 2.32. The first-order chi connectivity index (χ1) is 12.1. The molecule has 0 aliphatic heterocycles. The highest BCUT2D eigenvalue weighted by molar-refractivity contribution is 9.10. The maximum atomic E-state index is 4.88. The molecule has 128 valence electrons. The first-order valence-corrected chi connectivity index (χ1v) is 9.03. The van der Waals surface area contributed by atoms with Crippen molar-refractivity contribution in [2.24, 2.45) is 7.05 Å². The van der Waals surface area contributed by atoms with Gasteiger partial charge < -0.3 is 4.57 Å². The topological polar surface area (TPSA) is 53.5 Å². The van der Waals surface area contributed by atoms with Crippen LogP contribution >= 0.6 is 15.9 Å². The third-order valence-corrected chi connectivity index (χ3v) is 5.13. The number of benzene rings is 1. The molecule has 0 aliphatic carbocycles. The highest BCUT2D eigenvalue weighted by atomic mass is 79.9. The van der Waals surface area contributed by atoms with Gasteiger partial charge in [0.05, 0.1) is 35.5 Å². The Bertz CT molecular complexity index is 1020. The van der Waals surface area contributed by atoms with Crippen LogP contribution < -0.4 is 0 Å². The van der Waals surface area contributed by atoms with Gasteiger partial charge in [-0.05, 0) is 47.5 Å². The Morgan fingerprint density at radius 1 is 1.20 bits per heavy atom. The van der Waals surface area contributed by atoms with Gasteiger partial charge in [-0.2, -0.15) is 10.2 Å². The number of halogens is 1. The van der Waals surface area contributed by atoms with Crippen molar-refractivity contribution in [3.8, 4) is 5.69 Å². The number of aromatic nitrogens is 6. The summed E-state index contributed by atoms with van der Waals surface area (Å²) in [6.45, 7) is 4.84. The molecule has 0 saturated carbocycles. The van der Waals surface area contributed by atoms with Crippen molar-refractivity contribution in [1.82, 2.24) is 29.1 Å². The van der Waals surface area contributed by atoms with Gasteiger partial charge in [0.15, 0.2) is 0 Å². The molecule has 0 atom stereocenters. The molecule has 0 radical (unpaired) electrons. The van der Waals surface area contributed by atoms with Crippen LogP contribution in [-0.4, -0.2) is 29.1 Å². The van der Waals surface area contributed by atoms with Crippen LogP contribution in [0.15, 0.2) is 41.4 Å². The van der Waals surface area contributed by atoms with E-state index in [0.29, 0.717) is 6.54 Å². The van der Waals surface area contributed by atoms with Crippen molar-refractivity contribution in [2.45, 2.75) is 26.8 Å². The van der Waals surface area contributed by atoms with Crippen LogP contribution in [0.25, 0.3) is 16.6 Å². The molecular weight excluding hydrogens is 380 g/mol. The Morgan fingerprint density at radius 2 is 2.04 bits per heavy atom. The second-order valence-corrected chi connectivity index (χ2v) is 6.97. The van der Waals surface area contributed by atoms with Crippen LogP contribution in [0.1, 0.15) is 24.0 Å². The predicted octanol–water partition coefficient (Wildman–Crippen LogP) is 3.64. The van der Waals surface area contributed by atoms with E-state index >= 15 is 0 Å². The third-order valence-electron chi connectivity index (χ3n) is 4.49. The average molecular weight is 399 g/mol. The largest absolute Gasteiger partial charge is 0.306 e. The van der Waals surface area contributed by atoms with Gasteiger partial charge in [0.2, 0.25) is 0 Å². The maximum Gasteiger partial charge on any atom is 0.0991 e. The van der Waals surface area contributed by atoms with Gasteiger partial charge in [-0.3, -0.25) is 9.36 Å². The predicted molar refractivity (Wildman–Crippen MR) is 101 cm³/mol. The zero-order valence-electron chi connectivity index (χ0n) is 14.4. The van der Waals surface area contributed by atoms with E-state index in [1.165, 1.54) is 0 Å². The maximum absolute atomic E-state index is 4.88. The molecule has 0 spiro atoms. The molecule has 0 unspecified atom stereocenters. The van der Waals surface area contributed by atoms with E-state index in [0.717, 1.165) is 44.6 Å². The van der Waals surface area contributed by atoms with Gasteiger partial charge in [-0.25, -0.2) is 4.98 Å². The molecular formula is C18H19BrN6. The number of aryl methyl sites for hydroxylation is 3. The Morgan fingerprint density at radius 3 is 2.68 bits per heavy atom. The summed E-state index contributed by atoms with van der Waals surface area (Å²) in [7, 11) is 1.96. The Labute approximate surface area is 154 Å². The lowest BCUT2D eigenvalue weighted by Gasteiger charge is -2.08. The minimum Gasteiger partial charge on any atom is -0.306 e. The van der Waals surface area contributed by atoms with E-state index in [9.17, 15) is 0 Å². The zero-order chi connectivity index (χ0) is 17.6. The highest BCUT2D eigenvalue weighted by Gasteiger charge is 2.18. The summed E-state index contributed by atoms with van der Waals surface area (Å²) in [6, 6.07) is 6.27. The molecule has 0 aliphatic rings. The molecule has 0 bridgehead atoms. The standard InChI is InChI=1S/C18H19BrN6/c1-4-15-17-16(24-8-7-20-11-24)6-5-14(19)18(17)25(22-15)10-13-9-12(2)23(3)21-13/h5-9,11H,4,10H2,1-3H3. The van der Waals surface area contributed by atoms with E-state index in [1.807, 2.05) is 33.5 Å². The molecule has 1 aromatic carbocycles. The van der Waals surface area contributed by atoms with E-state index in [2.05, 4.69) is 58.1 Å². The lowest BCUT2D eigenvalue weighted by atomic mass is 10.1. The fourth-order valence-corrected chi connectivity index (χ4v) is 3.72. The molecule has 6 nitrogen and oxygen atoms in total. The average Bonchev–Trinajstić information content (AvgIpc) is 3.29. The molecule has 4 aromatic rings. The molecule has 3 heterocycles. The second-order valence-electron chi connectivity index (χ2n) is 6.12. The summed E-state index contributed by atoms with van der Waals surface area (Å²) in [6.07, 6.45) is 6.44. The van der Waals surface area contributed by atoms with Gasteiger partial charge in [0, 0.05) is 35.0 Å². The van der Waals surface area contributed by atoms with E-state index in [4.69, 9.17) is 5.10 Å². The molecule has 25 heavy (non-hydrogen) atoms. The number of hydrogen-bond acceptors (Lipinski definition) is 3. The number of hydrogen-bond donors (Lipinski definition) is 0. The van der Waals surface area contributed by atoms with Gasteiger partial charge in [0.25, 0.3) is 0 Å². The first-order valence-electron chi connectivity index (χ1n) is 8.24. The van der Waals surface area contributed by atoms with Gasteiger partial charge in [-0.15, -0.1) is 0 Å². The van der Waals surface area contributed by atoms with Crippen molar-refractivity contribution >= 4 is 26.8 Å². The van der Waals surface area contributed by atoms with Crippen molar-refractivity contribution in [3.63, 3.8) is 0 Å². The molecule has 4 rings (SSSR count). The zero-order valence-corrected chi connectivity index (χ0v) is 16.0. The summed E-state index contributed by atoms with van der Waals surface area (Å²) < 4.78 is 7.00. The summed E-state index contributed by atoms with van der Waals surface area (Å²) in [4.78, 5) is 4.18. The number of imidazole rings is 1. The molecule has 0 amide bonds. The van der Waals surface area contributed by atoms with Crippen molar-refractivity contribution in [2.75, 3.05) is 0 Å². The molecule has 0 N–H and O–H groups in total. The fraction of sp³-hybridized carbons (Fsp3) is 0.278. The van der Waals surface area contributed by atoms with Crippen molar-refractivity contribution in [1.29, 1.82) is 0 Å². The first kappa shape index (κ1) is 16.1. The molecule has 0 fully saturated rings. The second kappa shape index (κ2) is 6.15. The van der Waals surface area contributed by atoms with E-state index in [1.54, 1.807) is 6.20 Å². The monoisotopic (exact) mass is 398 g/mol. The smallest absolute Gasteiger partial charge is 0.0991 e. The summed E-state index contributed by atoms with van der Waals surface area (Å²) in [5, 5.41) is 10.6. The Hall–Kier alpha value is -2.41. The Kier molecular flexibility index (Phi) is 3.95. The summed E-state index contributed by atoms with van der Waals surface area (Å²) in [5.74, 6) is 0. The molecule has 3 aromatic heterocycles. The number of nitrogens with zero attached hydrogens (tertiary/aromatic N) is 6. The molecule has 0 saturated heterocycles. The quantitative estimate of drug-likeness (QED) is 0.527. The van der Waals surface area contributed by atoms with Gasteiger partial charge in [0.1, 0.15) is 0 Å². The Balaban J connectivity index is 1.92. The fourth-order valence-electron chi connectivity index (χ4n) is 3.18. The summed E-state index contributed by atoms with van der Waals surface area (Å²) >= 11 is 3.71. The van der Waals surface area contributed by atoms with E-state index < -0.39 is 0 Å². The van der Waals surface area contributed by atoms with Crippen LogP contribution in [0.4, 0.5) is 0 Å². The lowest BCUT2D eigenvalue weighted by molar-refractivity contribution is 0.654. The number of rotatable bonds is 4. The van der Waals surface area contributed by atoms with Crippen LogP contribution in [0.5, 0.6) is 0 Å². The summed E-state index contributed by atoms with van der Waals surface area (Å²) in [5.41, 5.74) is 5.40. The van der Waals surface area contributed by atoms with Crippen LogP contribution in [-0.2, 0) is 20.0 Å². The van der Waals surface area contributed by atoms with Gasteiger partial charge >= 0.3 is 0 Å². The normalized spacial score (nSPS) is 11.5. The molecule has 7 heteroatoms.